The number of nitrogens with one attached hydrogen (secondary N) is 1. The van der Waals surface area contributed by atoms with Crippen molar-refractivity contribution in [2.24, 2.45) is 0 Å². The van der Waals surface area contributed by atoms with Crippen LogP contribution in [-0.2, 0) is 6.42 Å². The molecule has 0 unspecified atom stereocenters. The third-order valence-electron chi connectivity index (χ3n) is 2.27. The summed E-state index contributed by atoms with van der Waals surface area (Å²) in [6.07, 6.45) is 5.89. The van der Waals surface area contributed by atoms with E-state index in [0.29, 0.717) is 0 Å². The summed E-state index contributed by atoms with van der Waals surface area (Å²) in [5.41, 5.74) is 1.17. The number of anilines is 1. The van der Waals surface area contributed by atoms with Gasteiger partial charge in [-0.1, -0.05) is 27.5 Å². The molecule has 0 saturated carbocycles. The number of rotatable bonds is 4. The third-order valence-corrected chi connectivity index (χ3v) is 3.28. The molecule has 1 N–H and O–H groups in total. The van der Waals surface area contributed by atoms with Gasteiger partial charge in [-0.15, -0.1) is 0 Å². The highest BCUT2D eigenvalue weighted by atomic mass is 79.9. The standard InChI is InChI=1S/C12H11BrClN3/c13-11-2-1-10(14)7-9(11)3-4-16-12-8-15-5-6-17-12/h1-2,5-8H,3-4H2,(H,16,17). The first-order valence-electron chi connectivity index (χ1n) is 5.19. The maximum atomic E-state index is 5.95. The molecule has 0 saturated heterocycles. The summed E-state index contributed by atoms with van der Waals surface area (Å²) in [5, 5.41) is 3.95. The Hall–Kier alpha value is -1.13. The van der Waals surface area contributed by atoms with Gasteiger partial charge in [0.15, 0.2) is 0 Å². The van der Waals surface area contributed by atoms with E-state index < -0.39 is 0 Å². The molecule has 0 bridgehead atoms. The Bertz CT molecular complexity index is 490. The molecular formula is C12H11BrClN3. The average molecular weight is 313 g/mol. The van der Waals surface area contributed by atoms with E-state index in [4.69, 9.17) is 11.6 Å². The Morgan fingerprint density at radius 3 is 2.94 bits per heavy atom. The highest BCUT2D eigenvalue weighted by Crippen LogP contribution is 2.21. The number of halogens is 2. The molecule has 1 aromatic heterocycles. The molecule has 0 atom stereocenters. The number of aromatic nitrogens is 2. The van der Waals surface area contributed by atoms with Crippen LogP contribution < -0.4 is 5.32 Å². The van der Waals surface area contributed by atoms with Crippen LogP contribution in [0.4, 0.5) is 5.82 Å². The molecule has 17 heavy (non-hydrogen) atoms. The molecule has 2 rings (SSSR count). The SMILES string of the molecule is Clc1ccc(Br)c(CCNc2cnccn2)c1. The number of hydrogen-bond donors (Lipinski definition) is 1. The van der Waals surface area contributed by atoms with E-state index in [2.05, 4.69) is 31.2 Å². The maximum absolute atomic E-state index is 5.95. The van der Waals surface area contributed by atoms with Crippen LogP contribution in [-0.4, -0.2) is 16.5 Å². The van der Waals surface area contributed by atoms with Crippen molar-refractivity contribution in [2.75, 3.05) is 11.9 Å². The molecule has 0 amide bonds. The lowest BCUT2D eigenvalue weighted by atomic mass is 10.1. The summed E-state index contributed by atoms with van der Waals surface area (Å²) in [6, 6.07) is 5.79. The van der Waals surface area contributed by atoms with E-state index in [0.717, 1.165) is 28.3 Å². The van der Waals surface area contributed by atoms with E-state index in [1.165, 1.54) is 5.56 Å². The second-order valence-corrected chi connectivity index (χ2v) is 4.79. The smallest absolute Gasteiger partial charge is 0.144 e. The summed E-state index contributed by atoms with van der Waals surface area (Å²) in [6.45, 7) is 0.789. The first-order chi connectivity index (χ1) is 8.25. The fourth-order valence-electron chi connectivity index (χ4n) is 1.45. The van der Waals surface area contributed by atoms with E-state index >= 15 is 0 Å². The highest BCUT2D eigenvalue weighted by Gasteiger charge is 2.01. The van der Waals surface area contributed by atoms with E-state index in [1.54, 1.807) is 18.6 Å². The number of hydrogen-bond acceptors (Lipinski definition) is 3. The van der Waals surface area contributed by atoms with Gasteiger partial charge in [0, 0.05) is 28.4 Å². The highest BCUT2D eigenvalue weighted by molar-refractivity contribution is 9.10. The lowest BCUT2D eigenvalue weighted by molar-refractivity contribution is 0.994. The van der Waals surface area contributed by atoms with Crippen LogP contribution in [0.15, 0.2) is 41.3 Å². The Kier molecular flexibility index (Phi) is 4.34. The lowest BCUT2D eigenvalue weighted by Gasteiger charge is -2.07. The van der Waals surface area contributed by atoms with Gasteiger partial charge in [0.2, 0.25) is 0 Å². The predicted octanol–water partition coefficient (Wildman–Crippen LogP) is 3.55. The van der Waals surface area contributed by atoms with Crippen LogP contribution >= 0.6 is 27.5 Å². The van der Waals surface area contributed by atoms with Crippen LogP contribution in [0.2, 0.25) is 5.02 Å². The van der Waals surface area contributed by atoms with Crippen molar-refractivity contribution in [2.45, 2.75) is 6.42 Å². The van der Waals surface area contributed by atoms with Crippen molar-refractivity contribution in [1.29, 1.82) is 0 Å². The normalized spacial score (nSPS) is 10.2. The van der Waals surface area contributed by atoms with Crippen molar-refractivity contribution < 1.29 is 0 Å². The molecule has 0 aliphatic carbocycles. The van der Waals surface area contributed by atoms with Gasteiger partial charge in [0.25, 0.3) is 0 Å². The third kappa shape index (κ3) is 3.68. The van der Waals surface area contributed by atoms with E-state index in [1.807, 2.05) is 18.2 Å². The summed E-state index contributed by atoms with van der Waals surface area (Å²) >= 11 is 9.45. The fourth-order valence-corrected chi connectivity index (χ4v) is 2.09. The maximum Gasteiger partial charge on any atom is 0.144 e. The molecule has 0 radical (unpaired) electrons. The Morgan fingerprint density at radius 1 is 1.29 bits per heavy atom. The fraction of sp³-hybridized carbons (Fsp3) is 0.167. The second-order valence-electron chi connectivity index (χ2n) is 3.50. The minimum absolute atomic E-state index is 0.753. The summed E-state index contributed by atoms with van der Waals surface area (Å²) in [7, 11) is 0. The topological polar surface area (TPSA) is 37.8 Å². The molecule has 2 aromatic rings. The average Bonchev–Trinajstić information content (AvgIpc) is 2.35. The largest absolute Gasteiger partial charge is 0.368 e. The second kappa shape index (κ2) is 5.98. The van der Waals surface area contributed by atoms with Crippen LogP contribution in [0.1, 0.15) is 5.56 Å². The number of nitrogens with zero attached hydrogens (tertiary/aromatic N) is 2. The molecule has 5 heteroatoms. The zero-order valence-corrected chi connectivity index (χ0v) is 11.4. The van der Waals surface area contributed by atoms with E-state index in [-0.39, 0.29) is 0 Å². The molecule has 0 fully saturated rings. The zero-order chi connectivity index (χ0) is 12.1. The summed E-state index contributed by atoms with van der Waals surface area (Å²) < 4.78 is 1.07. The van der Waals surface area contributed by atoms with Crippen LogP contribution in [0.3, 0.4) is 0 Å². The van der Waals surface area contributed by atoms with Crippen LogP contribution in [0, 0.1) is 0 Å². The molecule has 0 aliphatic rings. The first kappa shape index (κ1) is 12.3. The quantitative estimate of drug-likeness (QED) is 0.938. The van der Waals surface area contributed by atoms with Gasteiger partial charge in [-0.3, -0.25) is 4.98 Å². The molecular weight excluding hydrogens is 302 g/mol. The Balaban J connectivity index is 1.92. The van der Waals surface area contributed by atoms with Crippen LogP contribution in [0.25, 0.3) is 0 Å². The van der Waals surface area contributed by atoms with Crippen molar-refractivity contribution >= 4 is 33.3 Å². The van der Waals surface area contributed by atoms with Gasteiger partial charge in [0.05, 0.1) is 6.20 Å². The molecule has 0 aliphatic heterocycles. The first-order valence-corrected chi connectivity index (χ1v) is 6.36. The Labute approximate surface area is 113 Å². The molecule has 88 valence electrons. The van der Waals surface area contributed by atoms with Crippen molar-refractivity contribution in [3.05, 3.63) is 51.8 Å². The van der Waals surface area contributed by atoms with Gasteiger partial charge in [0.1, 0.15) is 5.82 Å². The summed E-state index contributed by atoms with van der Waals surface area (Å²) in [5.74, 6) is 0.783. The molecule has 3 nitrogen and oxygen atoms in total. The molecule has 1 aromatic carbocycles. The number of benzene rings is 1. The van der Waals surface area contributed by atoms with Gasteiger partial charge in [-0.05, 0) is 30.2 Å². The van der Waals surface area contributed by atoms with Crippen LogP contribution in [0.5, 0.6) is 0 Å². The minimum Gasteiger partial charge on any atom is -0.368 e. The minimum atomic E-state index is 0.753. The molecule has 0 spiro atoms. The predicted molar refractivity (Wildman–Crippen MR) is 73.4 cm³/mol. The Morgan fingerprint density at radius 2 is 2.18 bits per heavy atom. The zero-order valence-electron chi connectivity index (χ0n) is 9.03. The van der Waals surface area contributed by atoms with Gasteiger partial charge in [-0.25, -0.2) is 4.98 Å². The summed E-state index contributed by atoms with van der Waals surface area (Å²) in [4.78, 5) is 8.13. The van der Waals surface area contributed by atoms with Gasteiger partial charge < -0.3 is 5.32 Å². The van der Waals surface area contributed by atoms with Gasteiger partial charge >= 0.3 is 0 Å². The van der Waals surface area contributed by atoms with Crippen molar-refractivity contribution in [3.8, 4) is 0 Å². The lowest BCUT2D eigenvalue weighted by Crippen LogP contribution is -2.06. The monoisotopic (exact) mass is 311 g/mol. The van der Waals surface area contributed by atoms with E-state index in [9.17, 15) is 0 Å². The molecule has 1 heterocycles. The van der Waals surface area contributed by atoms with Gasteiger partial charge in [-0.2, -0.15) is 0 Å². The van der Waals surface area contributed by atoms with Crippen molar-refractivity contribution in [1.82, 2.24) is 9.97 Å². The van der Waals surface area contributed by atoms with Crippen molar-refractivity contribution in [3.63, 3.8) is 0 Å².